The summed E-state index contributed by atoms with van der Waals surface area (Å²) in [6.07, 6.45) is 1.26. The zero-order valence-electron chi connectivity index (χ0n) is 15.6. The van der Waals surface area contributed by atoms with Crippen LogP contribution in [0.3, 0.4) is 0 Å². The Morgan fingerprint density at radius 3 is 2.17 bits per heavy atom. The number of carbonyl (C=O) groups excluding carboxylic acids is 2. The maximum Gasteiger partial charge on any atom is 0.349 e. The van der Waals surface area contributed by atoms with E-state index in [4.69, 9.17) is 5.73 Å². The average molecular weight is 426 g/mol. The Morgan fingerprint density at radius 1 is 1.07 bits per heavy atom. The van der Waals surface area contributed by atoms with Crippen LogP contribution in [0.4, 0.5) is 8.78 Å². The van der Waals surface area contributed by atoms with E-state index in [1.807, 2.05) is 0 Å². The number of aryl methyl sites for hydroxylation is 1. The van der Waals surface area contributed by atoms with Crippen molar-refractivity contribution >= 4 is 21.8 Å². The SMILES string of the molecule is Cn1cc(S(=O)(=O)N2CCN(C(=O)C(F)(F)c3ccccc3)CC2)cc1C(N)=O. The van der Waals surface area contributed by atoms with Gasteiger partial charge in [0.1, 0.15) is 10.6 Å². The molecular weight excluding hydrogens is 406 g/mol. The molecule has 11 heteroatoms. The summed E-state index contributed by atoms with van der Waals surface area (Å²) in [4.78, 5) is 24.5. The van der Waals surface area contributed by atoms with Crippen molar-refractivity contribution in [2.75, 3.05) is 26.2 Å². The van der Waals surface area contributed by atoms with Crippen molar-refractivity contribution in [1.29, 1.82) is 0 Å². The van der Waals surface area contributed by atoms with Crippen LogP contribution in [0.2, 0.25) is 0 Å². The van der Waals surface area contributed by atoms with Crippen LogP contribution >= 0.6 is 0 Å². The highest BCUT2D eigenvalue weighted by molar-refractivity contribution is 7.89. The van der Waals surface area contributed by atoms with Gasteiger partial charge in [0, 0.05) is 45.0 Å². The Bertz CT molecular complexity index is 1030. The van der Waals surface area contributed by atoms with E-state index in [0.717, 1.165) is 9.21 Å². The third-order valence-electron chi connectivity index (χ3n) is 4.80. The summed E-state index contributed by atoms with van der Waals surface area (Å²) < 4.78 is 56.9. The van der Waals surface area contributed by atoms with Gasteiger partial charge in [-0.1, -0.05) is 30.3 Å². The molecule has 2 amide bonds. The summed E-state index contributed by atoms with van der Waals surface area (Å²) in [6.45, 7) is -0.620. The van der Waals surface area contributed by atoms with E-state index in [1.54, 1.807) is 6.07 Å². The first-order chi connectivity index (χ1) is 13.5. The second kappa shape index (κ2) is 7.56. The van der Waals surface area contributed by atoms with Crippen molar-refractivity contribution in [2.45, 2.75) is 10.8 Å². The molecule has 3 rings (SSSR count). The molecule has 1 fully saturated rings. The molecule has 1 aliphatic heterocycles. The van der Waals surface area contributed by atoms with E-state index >= 15 is 0 Å². The van der Waals surface area contributed by atoms with E-state index < -0.39 is 33.3 Å². The lowest BCUT2D eigenvalue weighted by molar-refractivity contribution is -0.160. The summed E-state index contributed by atoms with van der Waals surface area (Å²) in [7, 11) is -2.47. The smallest absolute Gasteiger partial charge is 0.349 e. The van der Waals surface area contributed by atoms with Crippen LogP contribution in [0.25, 0.3) is 0 Å². The number of amides is 2. The monoisotopic (exact) mass is 426 g/mol. The van der Waals surface area contributed by atoms with Gasteiger partial charge in [0.2, 0.25) is 10.0 Å². The van der Waals surface area contributed by atoms with Gasteiger partial charge in [-0.05, 0) is 6.07 Å². The molecule has 0 atom stereocenters. The number of sulfonamides is 1. The van der Waals surface area contributed by atoms with Gasteiger partial charge in [-0.25, -0.2) is 8.42 Å². The Morgan fingerprint density at radius 2 is 1.66 bits per heavy atom. The highest BCUT2D eigenvalue weighted by Gasteiger charge is 2.45. The van der Waals surface area contributed by atoms with Crippen molar-refractivity contribution in [2.24, 2.45) is 12.8 Å². The van der Waals surface area contributed by atoms with Crippen molar-refractivity contribution in [3.05, 3.63) is 53.9 Å². The average Bonchev–Trinajstić information content (AvgIpc) is 3.11. The summed E-state index contributed by atoms with van der Waals surface area (Å²) in [5.74, 6) is -5.83. The maximum absolute atomic E-state index is 14.5. The van der Waals surface area contributed by atoms with Crippen molar-refractivity contribution < 1.29 is 26.8 Å². The van der Waals surface area contributed by atoms with E-state index in [1.165, 1.54) is 48.1 Å². The molecule has 0 saturated carbocycles. The van der Waals surface area contributed by atoms with Gasteiger partial charge in [0.25, 0.3) is 11.8 Å². The first-order valence-electron chi connectivity index (χ1n) is 8.74. The number of halogens is 2. The molecule has 1 saturated heterocycles. The number of hydrogen-bond acceptors (Lipinski definition) is 4. The van der Waals surface area contributed by atoms with Crippen LogP contribution in [0.15, 0.2) is 47.5 Å². The molecule has 0 aliphatic carbocycles. The zero-order chi connectivity index (χ0) is 21.4. The van der Waals surface area contributed by atoms with E-state index in [2.05, 4.69) is 0 Å². The predicted molar refractivity (Wildman–Crippen MR) is 99.6 cm³/mol. The zero-order valence-corrected chi connectivity index (χ0v) is 16.4. The minimum atomic E-state index is -3.95. The highest BCUT2D eigenvalue weighted by atomic mass is 32.2. The lowest BCUT2D eigenvalue weighted by Gasteiger charge is -2.35. The second-order valence-corrected chi connectivity index (χ2v) is 8.61. The number of hydrogen-bond donors (Lipinski definition) is 1. The lowest BCUT2D eigenvalue weighted by atomic mass is 10.1. The van der Waals surface area contributed by atoms with Gasteiger partial charge in [0.15, 0.2) is 0 Å². The van der Waals surface area contributed by atoms with Gasteiger partial charge in [-0.2, -0.15) is 13.1 Å². The van der Waals surface area contributed by atoms with Gasteiger partial charge < -0.3 is 15.2 Å². The second-order valence-electron chi connectivity index (χ2n) is 6.67. The maximum atomic E-state index is 14.5. The van der Waals surface area contributed by atoms with Crippen molar-refractivity contribution in [1.82, 2.24) is 13.8 Å². The molecule has 1 aliphatic rings. The fourth-order valence-corrected chi connectivity index (χ4v) is 4.66. The highest BCUT2D eigenvalue weighted by Crippen LogP contribution is 2.31. The number of benzene rings is 1. The van der Waals surface area contributed by atoms with Gasteiger partial charge in [-0.15, -0.1) is 0 Å². The van der Waals surface area contributed by atoms with Crippen LogP contribution < -0.4 is 5.73 Å². The first-order valence-corrected chi connectivity index (χ1v) is 10.2. The molecule has 0 radical (unpaired) electrons. The minimum Gasteiger partial charge on any atom is -0.364 e. The third-order valence-corrected chi connectivity index (χ3v) is 6.66. The van der Waals surface area contributed by atoms with Crippen molar-refractivity contribution in [3.8, 4) is 0 Å². The number of alkyl halides is 2. The number of piperazine rings is 1. The molecule has 8 nitrogen and oxygen atoms in total. The summed E-state index contributed by atoms with van der Waals surface area (Å²) in [5, 5.41) is 0. The van der Waals surface area contributed by atoms with E-state index in [0.29, 0.717) is 0 Å². The van der Waals surface area contributed by atoms with E-state index in [-0.39, 0.29) is 36.8 Å². The number of carbonyl (C=O) groups is 2. The van der Waals surface area contributed by atoms with Crippen LogP contribution in [0.5, 0.6) is 0 Å². The third kappa shape index (κ3) is 3.87. The quantitative estimate of drug-likeness (QED) is 0.762. The number of primary amides is 1. The van der Waals surface area contributed by atoms with Crippen LogP contribution in [-0.4, -0.2) is 60.2 Å². The molecule has 29 heavy (non-hydrogen) atoms. The molecule has 2 aromatic rings. The Kier molecular flexibility index (Phi) is 5.46. The molecular formula is C18H20F2N4O4S. The fourth-order valence-electron chi connectivity index (χ4n) is 3.17. The lowest BCUT2D eigenvalue weighted by Crippen LogP contribution is -2.53. The standard InChI is InChI=1S/C18H20F2N4O4S/c1-22-12-14(11-15(22)16(21)25)29(27,28)24-9-7-23(8-10-24)17(26)18(19,20)13-5-3-2-4-6-13/h2-6,11-12H,7-10H2,1H3,(H2,21,25). The normalized spacial score (nSPS) is 16.0. The predicted octanol–water partition coefficient (Wildman–Crippen LogP) is 0.749. The Balaban J connectivity index is 1.72. The summed E-state index contributed by atoms with van der Waals surface area (Å²) in [5.41, 5.74) is 4.82. The largest absolute Gasteiger partial charge is 0.364 e. The number of nitrogens with two attached hydrogens (primary N) is 1. The van der Waals surface area contributed by atoms with Crippen LogP contribution in [0, 0.1) is 0 Å². The molecule has 156 valence electrons. The van der Waals surface area contributed by atoms with Gasteiger partial charge in [0.05, 0.1) is 0 Å². The first kappa shape index (κ1) is 20.9. The molecule has 0 unspecified atom stereocenters. The van der Waals surface area contributed by atoms with Crippen LogP contribution in [0.1, 0.15) is 16.1 Å². The summed E-state index contributed by atoms with van der Waals surface area (Å²) >= 11 is 0. The summed E-state index contributed by atoms with van der Waals surface area (Å²) in [6, 6.07) is 7.91. The Hall–Kier alpha value is -2.79. The molecule has 1 aromatic heterocycles. The van der Waals surface area contributed by atoms with E-state index in [9.17, 15) is 26.8 Å². The molecule has 1 aromatic carbocycles. The number of nitrogens with zero attached hydrogens (tertiary/aromatic N) is 3. The van der Waals surface area contributed by atoms with Crippen molar-refractivity contribution in [3.63, 3.8) is 0 Å². The minimum absolute atomic E-state index is 0.0277. The molecule has 2 N–H and O–H groups in total. The van der Waals surface area contributed by atoms with Crippen LogP contribution in [-0.2, 0) is 27.8 Å². The van der Waals surface area contributed by atoms with Gasteiger partial charge >= 0.3 is 5.92 Å². The van der Waals surface area contributed by atoms with Gasteiger partial charge in [-0.3, -0.25) is 9.59 Å². The molecule has 0 spiro atoms. The topological polar surface area (TPSA) is 106 Å². The molecule has 0 bridgehead atoms. The number of rotatable bonds is 5. The number of aromatic nitrogens is 1. The fraction of sp³-hybridized carbons (Fsp3) is 0.333. The molecule has 2 heterocycles. The Labute approximate surface area is 166 Å².